The first-order valence-corrected chi connectivity index (χ1v) is 7.73. The van der Waals surface area contributed by atoms with Gasteiger partial charge in [-0.3, -0.25) is 4.79 Å². The Hall–Kier alpha value is -2.01. The van der Waals surface area contributed by atoms with Gasteiger partial charge in [0.2, 0.25) is 5.91 Å². The van der Waals surface area contributed by atoms with Crippen molar-refractivity contribution in [1.82, 2.24) is 0 Å². The van der Waals surface area contributed by atoms with Crippen LogP contribution in [0.5, 0.6) is 11.5 Å². The minimum absolute atomic E-state index is 0.0304. The quantitative estimate of drug-likeness (QED) is 0.901. The van der Waals surface area contributed by atoms with Crippen molar-refractivity contribution in [3.63, 3.8) is 0 Å². The van der Waals surface area contributed by atoms with E-state index in [1.165, 1.54) is 0 Å². The normalized spacial score (nSPS) is 16.1. The molecular formula is C17H16BrNO3. The Morgan fingerprint density at radius 3 is 2.55 bits per heavy atom. The number of amides is 1. The monoisotopic (exact) mass is 361 g/mol. The topological polar surface area (TPSA) is 47.6 Å². The molecule has 2 aromatic rings. The SMILES string of the molecule is COc1cc(Br)c(CC2C(=O)Nc3ccccc32)cc1OC. The maximum atomic E-state index is 12.2. The highest BCUT2D eigenvalue weighted by Crippen LogP contribution is 2.39. The molecule has 0 saturated heterocycles. The number of ether oxygens (including phenoxy) is 2. The van der Waals surface area contributed by atoms with E-state index in [0.29, 0.717) is 17.9 Å². The number of fused-ring (bicyclic) bond motifs is 1. The molecule has 22 heavy (non-hydrogen) atoms. The summed E-state index contributed by atoms with van der Waals surface area (Å²) in [5.74, 6) is 1.16. The third-order valence-electron chi connectivity index (χ3n) is 3.89. The van der Waals surface area contributed by atoms with Gasteiger partial charge in [-0.1, -0.05) is 34.1 Å². The van der Waals surface area contributed by atoms with Gasteiger partial charge in [0.25, 0.3) is 0 Å². The number of methoxy groups -OCH3 is 2. The Bertz CT molecular complexity index is 730. The van der Waals surface area contributed by atoms with Crippen LogP contribution >= 0.6 is 15.9 Å². The number of rotatable bonds is 4. The smallest absolute Gasteiger partial charge is 0.232 e. The Morgan fingerprint density at radius 2 is 1.82 bits per heavy atom. The van der Waals surface area contributed by atoms with Crippen LogP contribution in [0.4, 0.5) is 5.69 Å². The van der Waals surface area contributed by atoms with Crippen molar-refractivity contribution in [1.29, 1.82) is 0 Å². The van der Waals surface area contributed by atoms with Crippen LogP contribution in [0.25, 0.3) is 0 Å². The van der Waals surface area contributed by atoms with Gasteiger partial charge >= 0.3 is 0 Å². The van der Waals surface area contributed by atoms with E-state index in [4.69, 9.17) is 9.47 Å². The molecule has 1 aliphatic rings. The Morgan fingerprint density at radius 1 is 1.14 bits per heavy atom. The second-order valence-corrected chi connectivity index (χ2v) is 5.99. The minimum Gasteiger partial charge on any atom is -0.493 e. The van der Waals surface area contributed by atoms with Gasteiger partial charge in [-0.2, -0.15) is 0 Å². The summed E-state index contributed by atoms with van der Waals surface area (Å²) in [6, 6.07) is 11.6. The molecule has 5 heteroatoms. The maximum Gasteiger partial charge on any atom is 0.232 e. The van der Waals surface area contributed by atoms with Crippen LogP contribution < -0.4 is 14.8 Å². The van der Waals surface area contributed by atoms with Gasteiger partial charge in [-0.25, -0.2) is 0 Å². The molecule has 0 radical (unpaired) electrons. The van der Waals surface area contributed by atoms with E-state index in [1.807, 2.05) is 36.4 Å². The van der Waals surface area contributed by atoms with E-state index in [9.17, 15) is 4.79 Å². The number of hydrogen-bond acceptors (Lipinski definition) is 3. The van der Waals surface area contributed by atoms with Crippen molar-refractivity contribution >= 4 is 27.5 Å². The summed E-state index contributed by atoms with van der Waals surface area (Å²) >= 11 is 3.55. The Balaban J connectivity index is 1.95. The van der Waals surface area contributed by atoms with Gasteiger partial charge in [0.1, 0.15) is 0 Å². The lowest BCUT2D eigenvalue weighted by molar-refractivity contribution is -0.117. The largest absolute Gasteiger partial charge is 0.493 e. The van der Waals surface area contributed by atoms with Gasteiger partial charge in [-0.15, -0.1) is 0 Å². The molecule has 0 bridgehead atoms. The van der Waals surface area contributed by atoms with Gasteiger partial charge < -0.3 is 14.8 Å². The van der Waals surface area contributed by atoms with E-state index in [-0.39, 0.29) is 11.8 Å². The first kappa shape index (κ1) is 14.9. The predicted molar refractivity (Wildman–Crippen MR) is 88.8 cm³/mol. The molecule has 2 aromatic carbocycles. The molecule has 4 nitrogen and oxygen atoms in total. The van der Waals surface area contributed by atoms with Crippen molar-refractivity contribution < 1.29 is 14.3 Å². The van der Waals surface area contributed by atoms with E-state index in [2.05, 4.69) is 21.2 Å². The maximum absolute atomic E-state index is 12.2. The second kappa shape index (κ2) is 6.01. The fraction of sp³-hybridized carbons (Fsp3) is 0.235. The summed E-state index contributed by atoms with van der Waals surface area (Å²) in [7, 11) is 3.21. The molecule has 1 heterocycles. The van der Waals surface area contributed by atoms with Crippen LogP contribution in [0.15, 0.2) is 40.9 Å². The van der Waals surface area contributed by atoms with Crippen LogP contribution in [0.3, 0.4) is 0 Å². The first-order chi connectivity index (χ1) is 10.6. The Labute approximate surface area is 137 Å². The summed E-state index contributed by atoms with van der Waals surface area (Å²) in [5.41, 5.74) is 2.94. The molecular weight excluding hydrogens is 346 g/mol. The highest BCUT2D eigenvalue weighted by Gasteiger charge is 2.30. The van der Waals surface area contributed by atoms with Crippen molar-refractivity contribution in [3.8, 4) is 11.5 Å². The summed E-state index contributed by atoms with van der Waals surface area (Å²) in [6.07, 6.45) is 0.601. The van der Waals surface area contributed by atoms with Crippen LogP contribution in [0.2, 0.25) is 0 Å². The summed E-state index contributed by atoms with van der Waals surface area (Å²) in [6.45, 7) is 0. The van der Waals surface area contributed by atoms with Crippen molar-refractivity contribution in [2.75, 3.05) is 19.5 Å². The van der Waals surface area contributed by atoms with Crippen LogP contribution in [0.1, 0.15) is 17.0 Å². The van der Waals surface area contributed by atoms with E-state index < -0.39 is 0 Å². The average molecular weight is 362 g/mol. The van der Waals surface area contributed by atoms with Gasteiger partial charge in [0, 0.05) is 10.2 Å². The number of anilines is 1. The lowest BCUT2D eigenvalue weighted by atomic mass is 9.93. The average Bonchev–Trinajstić information content (AvgIpc) is 2.84. The van der Waals surface area contributed by atoms with Crippen molar-refractivity contribution in [2.24, 2.45) is 0 Å². The fourth-order valence-electron chi connectivity index (χ4n) is 2.75. The summed E-state index contributed by atoms with van der Waals surface area (Å²) < 4.78 is 11.5. The number of nitrogens with one attached hydrogen (secondary N) is 1. The predicted octanol–water partition coefficient (Wildman–Crippen LogP) is 3.74. The zero-order valence-corrected chi connectivity index (χ0v) is 13.9. The van der Waals surface area contributed by atoms with E-state index >= 15 is 0 Å². The molecule has 1 amide bonds. The summed E-state index contributed by atoms with van der Waals surface area (Å²) in [5, 5.41) is 2.93. The number of carbonyl (C=O) groups is 1. The molecule has 0 fully saturated rings. The number of para-hydroxylation sites is 1. The van der Waals surface area contributed by atoms with Crippen LogP contribution in [0, 0.1) is 0 Å². The van der Waals surface area contributed by atoms with E-state index in [0.717, 1.165) is 21.3 Å². The zero-order valence-electron chi connectivity index (χ0n) is 12.4. The Kier molecular flexibility index (Phi) is 4.07. The highest BCUT2D eigenvalue weighted by atomic mass is 79.9. The van der Waals surface area contributed by atoms with Crippen LogP contribution in [-0.4, -0.2) is 20.1 Å². The lowest BCUT2D eigenvalue weighted by Gasteiger charge is -2.14. The molecule has 1 unspecified atom stereocenters. The molecule has 3 rings (SSSR count). The lowest BCUT2D eigenvalue weighted by Crippen LogP contribution is -2.14. The molecule has 1 atom stereocenters. The van der Waals surface area contributed by atoms with E-state index in [1.54, 1.807) is 14.2 Å². The summed E-state index contributed by atoms with van der Waals surface area (Å²) in [4.78, 5) is 12.2. The second-order valence-electron chi connectivity index (χ2n) is 5.13. The molecule has 0 aromatic heterocycles. The van der Waals surface area contributed by atoms with Gasteiger partial charge in [-0.05, 0) is 35.7 Å². The molecule has 0 saturated carbocycles. The minimum atomic E-state index is -0.189. The molecule has 1 aliphatic heterocycles. The number of carbonyl (C=O) groups excluding carboxylic acids is 1. The first-order valence-electron chi connectivity index (χ1n) is 6.94. The highest BCUT2D eigenvalue weighted by molar-refractivity contribution is 9.10. The fourth-order valence-corrected chi connectivity index (χ4v) is 3.24. The number of hydrogen-bond donors (Lipinski definition) is 1. The molecule has 114 valence electrons. The third-order valence-corrected chi connectivity index (χ3v) is 4.63. The molecule has 1 N–H and O–H groups in total. The number of halogens is 1. The van der Waals surface area contributed by atoms with Gasteiger partial charge in [0.15, 0.2) is 11.5 Å². The van der Waals surface area contributed by atoms with Gasteiger partial charge in [0.05, 0.1) is 20.1 Å². The third kappa shape index (κ3) is 2.57. The molecule has 0 spiro atoms. The molecule has 0 aliphatic carbocycles. The van der Waals surface area contributed by atoms with Crippen molar-refractivity contribution in [3.05, 3.63) is 52.0 Å². The number of benzene rings is 2. The van der Waals surface area contributed by atoms with Crippen LogP contribution in [-0.2, 0) is 11.2 Å². The standard InChI is InChI=1S/C17H16BrNO3/c1-21-15-8-10(13(18)9-16(15)22-2)7-12-11-5-3-4-6-14(11)19-17(12)20/h3-6,8-9,12H,7H2,1-2H3,(H,19,20). The van der Waals surface area contributed by atoms with Crippen molar-refractivity contribution in [2.45, 2.75) is 12.3 Å². The zero-order chi connectivity index (χ0) is 15.7.